The average molecular weight is 394 g/mol. The molecule has 4 rings (SSSR count). The zero-order chi connectivity index (χ0) is 18.3. The Morgan fingerprint density at radius 1 is 1.12 bits per heavy atom. The van der Waals surface area contributed by atoms with Crippen molar-refractivity contribution in [3.05, 3.63) is 59.1 Å². The van der Waals surface area contributed by atoms with E-state index >= 15 is 0 Å². The first-order valence-corrected chi connectivity index (χ1v) is 10.5. The highest BCUT2D eigenvalue weighted by Crippen LogP contribution is 2.34. The minimum atomic E-state index is -3.87. The summed E-state index contributed by atoms with van der Waals surface area (Å²) in [5.74, 6) is -2.22. The minimum absolute atomic E-state index is 0.00113. The van der Waals surface area contributed by atoms with Gasteiger partial charge in [0.05, 0.1) is 20.1 Å². The van der Waals surface area contributed by atoms with E-state index in [1.807, 2.05) is 24.3 Å². The van der Waals surface area contributed by atoms with Crippen molar-refractivity contribution in [1.29, 1.82) is 0 Å². The van der Waals surface area contributed by atoms with E-state index < -0.39 is 21.7 Å². The molecule has 1 atom stereocenters. The first-order chi connectivity index (χ1) is 12.4. The van der Waals surface area contributed by atoms with Crippen LogP contribution < -0.4 is 0 Å². The summed E-state index contributed by atoms with van der Waals surface area (Å²) < 4.78 is 54.7. The molecule has 26 heavy (non-hydrogen) atoms. The van der Waals surface area contributed by atoms with Crippen molar-refractivity contribution in [2.24, 2.45) is 0 Å². The molecular formula is C18H16F2N2O2S2. The molecule has 1 aromatic heterocycles. The van der Waals surface area contributed by atoms with Gasteiger partial charge in [-0.05, 0) is 43.2 Å². The van der Waals surface area contributed by atoms with Crippen LogP contribution in [0.5, 0.6) is 0 Å². The Bertz CT molecular complexity index is 1030. The summed E-state index contributed by atoms with van der Waals surface area (Å²) in [5.41, 5.74) is 0.910. The number of nitrogens with zero attached hydrogens (tertiary/aromatic N) is 2. The fraction of sp³-hybridized carbons (Fsp3) is 0.278. The van der Waals surface area contributed by atoms with Gasteiger partial charge >= 0.3 is 0 Å². The van der Waals surface area contributed by atoms with Crippen molar-refractivity contribution in [2.45, 2.75) is 23.7 Å². The van der Waals surface area contributed by atoms with Gasteiger partial charge in [0.1, 0.15) is 0 Å². The van der Waals surface area contributed by atoms with Gasteiger partial charge in [-0.2, -0.15) is 4.31 Å². The number of para-hydroxylation sites is 1. The second-order valence-electron chi connectivity index (χ2n) is 6.30. The van der Waals surface area contributed by atoms with Crippen molar-refractivity contribution in [2.75, 3.05) is 13.1 Å². The van der Waals surface area contributed by atoms with Gasteiger partial charge in [-0.25, -0.2) is 22.2 Å². The molecule has 3 aromatic rings. The standard InChI is InChI=1S/C18H16F2N2O2S2/c19-14-8-7-13(10-15(14)20)26(23,24)22-9-3-4-12(11-22)18-21-16-5-1-2-6-17(16)25-18/h1-2,5-8,10,12H,3-4,9,11H2/t12-/m0/s1. The Labute approximate surface area is 154 Å². The Kier molecular flexibility index (Phi) is 4.50. The fourth-order valence-corrected chi connectivity index (χ4v) is 5.84. The first kappa shape index (κ1) is 17.5. The summed E-state index contributed by atoms with van der Waals surface area (Å²) in [6.07, 6.45) is 1.55. The largest absolute Gasteiger partial charge is 0.243 e. The molecule has 0 amide bonds. The number of hydrogen-bond donors (Lipinski definition) is 0. The lowest BCUT2D eigenvalue weighted by molar-refractivity contribution is 0.315. The molecule has 0 spiro atoms. The summed E-state index contributed by atoms with van der Waals surface area (Å²) in [6.45, 7) is 0.657. The molecule has 0 bridgehead atoms. The number of hydrogen-bond acceptors (Lipinski definition) is 4. The molecule has 2 heterocycles. The lowest BCUT2D eigenvalue weighted by Gasteiger charge is -2.31. The zero-order valence-electron chi connectivity index (χ0n) is 13.7. The number of aromatic nitrogens is 1. The monoisotopic (exact) mass is 394 g/mol. The van der Waals surface area contributed by atoms with Crippen LogP contribution in [0, 0.1) is 11.6 Å². The highest BCUT2D eigenvalue weighted by molar-refractivity contribution is 7.89. The van der Waals surface area contributed by atoms with Crippen LogP contribution in [-0.4, -0.2) is 30.8 Å². The quantitative estimate of drug-likeness (QED) is 0.671. The highest BCUT2D eigenvalue weighted by atomic mass is 32.2. The second kappa shape index (κ2) is 6.68. The van der Waals surface area contributed by atoms with Gasteiger partial charge in [0, 0.05) is 19.0 Å². The third-order valence-electron chi connectivity index (χ3n) is 4.57. The molecular weight excluding hydrogens is 378 g/mol. The number of benzene rings is 2. The van der Waals surface area contributed by atoms with E-state index in [0.717, 1.165) is 39.8 Å². The lowest BCUT2D eigenvalue weighted by atomic mass is 10.0. The van der Waals surface area contributed by atoms with E-state index in [-0.39, 0.29) is 10.8 Å². The summed E-state index contributed by atoms with van der Waals surface area (Å²) in [7, 11) is -3.87. The van der Waals surface area contributed by atoms with Crippen LogP contribution in [-0.2, 0) is 10.0 Å². The molecule has 0 radical (unpaired) electrons. The van der Waals surface area contributed by atoms with Crippen molar-refractivity contribution in [3.63, 3.8) is 0 Å². The predicted molar refractivity (Wildman–Crippen MR) is 96.7 cm³/mol. The van der Waals surface area contributed by atoms with Crippen molar-refractivity contribution < 1.29 is 17.2 Å². The van der Waals surface area contributed by atoms with Crippen LogP contribution in [0.25, 0.3) is 10.2 Å². The molecule has 136 valence electrons. The Hall–Kier alpha value is -1.90. The van der Waals surface area contributed by atoms with E-state index in [0.29, 0.717) is 19.5 Å². The number of rotatable bonds is 3. The van der Waals surface area contributed by atoms with Gasteiger partial charge in [0.25, 0.3) is 0 Å². The molecule has 8 heteroatoms. The van der Waals surface area contributed by atoms with Crippen molar-refractivity contribution in [1.82, 2.24) is 9.29 Å². The number of sulfonamides is 1. The smallest absolute Gasteiger partial charge is 0.241 e. The SMILES string of the molecule is O=S(=O)(c1ccc(F)c(F)c1)N1CCC[C@H](c2nc3ccccc3s2)C1. The minimum Gasteiger partial charge on any atom is -0.241 e. The van der Waals surface area contributed by atoms with E-state index in [1.165, 1.54) is 4.31 Å². The summed E-state index contributed by atoms with van der Waals surface area (Å²) in [4.78, 5) is 4.42. The molecule has 0 aliphatic carbocycles. The van der Waals surface area contributed by atoms with E-state index in [1.54, 1.807) is 11.3 Å². The van der Waals surface area contributed by atoms with Gasteiger partial charge < -0.3 is 0 Å². The second-order valence-corrected chi connectivity index (χ2v) is 9.30. The van der Waals surface area contributed by atoms with Gasteiger partial charge in [0.2, 0.25) is 10.0 Å². The van der Waals surface area contributed by atoms with Crippen molar-refractivity contribution in [3.8, 4) is 0 Å². The van der Waals surface area contributed by atoms with Crippen molar-refractivity contribution >= 4 is 31.6 Å². The zero-order valence-corrected chi connectivity index (χ0v) is 15.4. The average Bonchev–Trinajstić information content (AvgIpc) is 3.08. The van der Waals surface area contributed by atoms with Crippen LogP contribution in [0.2, 0.25) is 0 Å². The van der Waals surface area contributed by atoms with Crippen LogP contribution in [0.3, 0.4) is 0 Å². The maximum atomic E-state index is 13.5. The molecule has 0 saturated carbocycles. The molecule has 0 N–H and O–H groups in total. The van der Waals surface area contributed by atoms with Crippen LogP contribution >= 0.6 is 11.3 Å². The van der Waals surface area contributed by atoms with Crippen LogP contribution in [0.15, 0.2) is 47.4 Å². The third-order valence-corrected chi connectivity index (χ3v) is 7.63. The molecule has 0 unspecified atom stereocenters. The molecule has 1 aliphatic rings. The normalized spacial score (nSPS) is 19.1. The third kappa shape index (κ3) is 3.13. The predicted octanol–water partition coefficient (Wildman–Crippen LogP) is 4.14. The molecule has 1 saturated heterocycles. The Morgan fingerprint density at radius 3 is 2.69 bits per heavy atom. The summed E-state index contributed by atoms with van der Waals surface area (Å²) in [5, 5.41) is 0.913. The maximum Gasteiger partial charge on any atom is 0.243 e. The Morgan fingerprint density at radius 2 is 1.92 bits per heavy atom. The fourth-order valence-electron chi connectivity index (χ4n) is 3.21. The van der Waals surface area contributed by atoms with Gasteiger partial charge in [-0.15, -0.1) is 11.3 Å². The molecule has 1 fully saturated rings. The highest BCUT2D eigenvalue weighted by Gasteiger charge is 2.32. The molecule has 2 aromatic carbocycles. The van der Waals surface area contributed by atoms with E-state index in [4.69, 9.17) is 0 Å². The number of thiazole rings is 1. The topological polar surface area (TPSA) is 50.3 Å². The molecule has 4 nitrogen and oxygen atoms in total. The number of halogens is 2. The van der Waals surface area contributed by atoms with Gasteiger partial charge in [-0.3, -0.25) is 0 Å². The number of fused-ring (bicyclic) bond motifs is 1. The first-order valence-electron chi connectivity index (χ1n) is 8.26. The summed E-state index contributed by atoms with van der Waals surface area (Å²) in [6, 6.07) is 10.5. The lowest BCUT2D eigenvalue weighted by Crippen LogP contribution is -2.39. The Balaban J connectivity index is 1.62. The van der Waals surface area contributed by atoms with Crippen LogP contribution in [0.1, 0.15) is 23.8 Å². The molecule has 1 aliphatic heterocycles. The van der Waals surface area contributed by atoms with Crippen LogP contribution in [0.4, 0.5) is 8.78 Å². The number of piperidine rings is 1. The van der Waals surface area contributed by atoms with Gasteiger partial charge in [0.15, 0.2) is 11.6 Å². The van der Waals surface area contributed by atoms with Gasteiger partial charge in [-0.1, -0.05) is 12.1 Å². The summed E-state index contributed by atoms with van der Waals surface area (Å²) >= 11 is 1.57. The van der Waals surface area contributed by atoms with E-state index in [9.17, 15) is 17.2 Å². The maximum absolute atomic E-state index is 13.5. The van der Waals surface area contributed by atoms with E-state index in [2.05, 4.69) is 4.98 Å².